The zero-order valence-electron chi connectivity index (χ0n) is 14.8. The Morgan fingerprint density at radius 1 is 1.48 bits per heavy atom. The number of thioether (sulfide) groups is 1. The van der Waals surface area contributed by atoms with Gasteiger partial charge in [-0.2, -0.15) is 0 Å². The number of halogens is 2. The smallest absolute Gasteiger partial charge is 0.241 e. The standard InChI is InChI=1S/C18H25ClN2O2S.ClH/c1-4-23-15-10-18(20,17(15,2)3)16(22)21-13-7-8-24-14-6-5-11(19)9-12(13)14;/h5-6,9,13,15H,4,7-8,10,20H2,1-3H3,(H,21,22);1H. The SMILES string of the molecule is CCOC1CC(N)(C(=O)NC2CCSc3ccc(Cl)cc32)C1(C)C.Cl. The van der Waals surface area contributed by atoms with Crippen LogP contribution in [0.1, 0.15) is 45.2 Å². The Kier molecular flexibility index (Phi) is 6.38. The van der Waals surface area contributed by atoms with Crippen LogP contribution >= 0.6 is 35.8 Å². The third kappa shape index (κ3) is 3.54. The summed E-state index contributed by atoms with van der Waals surface area (Å²) in [6, 6.07) is 5.84. The average molecular weight is 405 g/mol. The fourth-order valence-corrected chi connectivity index (χ4v) is 4.91. The molecule has 7 heteroatoms. The zero-order chi connectivity index (χ0) is 17.5. The Bertz CT molecular complexity index is 656. The first kappa shape index (κ1) is 20.8. The van der Waals surface area contributed by atoms with E-state index in [1.54, 1.807) is 11.8 Å². The number of benzene rings is 1. The van der Waals surface area contributed by atoms with Crippen molar-refractivity contribution in [1.82, 2.24) is 5.32 Å². The summed E-state index contributed by atoms with van der Waals surface area (Å²) in [5, 5.41) is 3.86. The van der Waals surface area contributed by atoms with Crippen molar-refractivity contribution in [2.45, 2.75) is 56.2 Å². The normalized spacial score (nSPS) is 29.8. The van der Waals surface area contributed by atoms with E-state index in [-0.39, 0.29) is 35.9 Å². The van der Waals surface area contributed by atoms with Gasteiger partial charge in [-0.3, -0.25) is 4.79 Å². The minimum Gasteiger partial charge on any atom is -0.378 e. The maximum absolute atomic E-state index is 12.9. The summed E-state index contributed by atoms with van der Waals surface area (Å²) < 4.78 is 5.72. The summed E-state index contributed by atoms with van der Waals surface area (Å²) in [4.78, 5) is 14.1. The van der Waals surface area contributed by atoms with Crippen LogP contribution in [0.5, 0.6) is 0 Å². The number of hydrogen-bond acceptors (Lipinski definition) is 4. The summed E-state index contributed by atoms with van der Waals surface area (Å²) >= 11 is 7.94. The Morgan fingerprint density at radius 2 is 2.20 bits per heavy atom. The van der Waals surface area contributed by atoms with Crippen molar-refractivity contribution in [3.8, 4) is 0 Å². The first-order valence-corrected chi connectivity index (χ1v) is 9.79. The number of hydrogen-bond donors (Lipinski definition) is 2. The van der Waals surface area contributed by atoms with E-state index in [9.17, 15) is 4.79 Å². The molecule has 0 aromatic heterocycles. The fourth-order valence-electron chi connectivity index (χ4n) is 3.62. The molecule has 1 saturated carbocycles. The molecule has 1 heterocycles. The van der Waals surface area contributed by atoms with E-state index in [2.05, 4.69) is 5.32 Å². The number of carbonyl (C=O) groups excluding carboxylic acids is 1. The largest absolute Gasteiger partial charge is 0.378 e. The van der Waals surface area contributed by atoms with Crippen LogP contribution in [-0.2, 0) is 9.53 Å². The fraction of sp³-hybridized carbons (Fsp3) is 0.611. The topological polar surface area (TPSA) is 64.3 Å². The molecular formula is C18H26Cl2N2O2S. The average Bonchev–Trinajstić information content (AvgIpc) is 2.55. The monoisotopic (exact) mass is 404 g/mol. The zero-order valence-corrected chi connectivity index (χ0v) is 17.2. The Morgan fingerprint density at radius 3 is 2.84 bits per heavy atom. The summed E-state index contributed by atoms with van der Waals surface area (Å²) in [6.07, 6.45) is 1.47. The molecule has 3 atom stereocenters. The molecule has 3 N–H and O–H groups in total. The molecule has 4 nitrogen and oxygen atoms in total. The molecular weight excluding hydrogens is 379 g/mol. The minimum absolute atomic E-state index is 0. The van der Waals surface area contributed by atoms with Crippen LogP contribution in [0, 0.1) is 5.41 Å². The first-order chi connectivity index (χ1) is 11.3. The highest BCUT2D eigenvalue weighted by atomic mass is 35.5. The lowest BCUT2D eigenvalue weighted by molar-refractivity contribution is -0.171. The predicted octanol–water partition coefficient (Wildman–Crippen LogP) is 3.95. The highest BCUT2D eigenvalue weighted by Crippen LogP contribution is 2.50. The van der Waals surface area contributed by atoms with E-state index >= 15 is 0 Å². The van der Waals surface area contributed by atoms with Gasteiger partial charge in [0.1, 0.15) is 5.54 Å². The molecule has 1 aromatic rings. The number of fused-ring (bicyclic) bond motifs is 1. The van der Waals surface area contributed by atoms with Crippen molar-refractivity contribution >= 4 is 41.7 Å². The van der Waals surface area contributed by atoms with Gasteiger partial charge in [-0.1, -0.05) is 25.4 Å². The first-order valence-electron chi connectivity index (χ1n) is 8.43. The molecule has 1 aliphatic carbocycles. The molecule has 1 amide bonds. The maximum Gasteiger partial charge on any atom is 0.241 e. The molecule has 140 valence electrons. The second-order valence-corrected chi connectivity index (χ2v) is 8.76. The summed E-state index contributed by atoms with van der Waals surface area (Å²) in [6.45, 7) is 6.63. The van der Waals surface area contributed by atoms with E-state index in [4.69, 9.17) is 22.1 Å². The summed E-state index contributed by atoms with van der Waals surface area (Å²) in [7, 11) is 0. The molecule has 3 unspecified atom stereocenters. The Hall–Kier alpha value is -0.460. The van der Waals surface area contributed by atoms with Gasteiger partial charge in [0.05, 0.1) is 12.1 Å². The molecule has 25 heavy (non-hydrogen) atoms. The molecule has 0 saturated heterocycles. The number of carbonyl (C=O) groups is 1. The Labute approximate surface area is 165 Å². The van der Waals surface area contributed by atoms with Gasteiger partial charge >= 0.3 is 0 Å². The van der Waals surface area contributed by atoms with Crippen LogP contribution < -0.4 is 11.1 Å². The third-order valence-corrected chi connectivity index (χ3v) is 6.91. The highest BCUT2D eigenvalue weighted by molar-refractivity contribution is 7.99. The quantitative estimate of drug-likeness (QED) is 0.796. The second-order valence-electron chi connectivity index (χ2n) is 7.19. The Balaban J connectivity index is 0.00000225. The number of nitrogens with one attached hydrogen (secondary N) is 1. The van der Waals surface area contributed by atoms with Gasteiger partial charge in [0.2, 0.25) is 5.91 Å². The van der Waals surface area contributed by atoms with Gasteiger partial charge < -0.3 is 15.8 Å². The van der Waals surface area contributed by atoms with Gasteiger partial charge in [0, 0.05) is 34.1 Å². The molecule has 0 radical (unpaired) electrons. The lowest BCUT2D eigenvalue weighted by Gasteiger charge is -2.57. The van der Waals surface area contributed by atoms with E-state index < -0.39 is 5.54 Å². The van der Waals surface area contributed by atoms with Crippen LogP contribution in [0.4, 0.5) is 0 Å². The van der Waals surface area contributed by atoms with Gasteiger partial charge in [0.15, 0.2) is 0 Å². The van der Waals surface area contributed by atoms with Gasteiger partial charge in [0.25, 0.3) is 0 Å². The van der Waals surface area contributed by atoms with Crippen molar-refractivity contribution in [2.75, 3.05) is 12.4 Å². The lowest BCUT2D eigenvalue weighted by atomic mass is 9.54. The van der Waals surface area contributed by atoms with E-state index in [0.717, 1.165) is 17.7 Å². The summed E-state index contributed by atoms with van der Waals surface area (Å²) in [5.41, 5.74) is 6.31. The van der Waals surface area contributed by atoms with Crippen LogP contribution in [-0.4, -0.2) is 29.9 Å². The van der Waals surface area contributed by atoms with Crippen molar-refractivity contribution in [3.63, 3.8) is 0 Å². The van der Waals surface area contributed by atoms with E-state index in [0.29, 0.717) is 18.1 Å². The highest BCUT2D eigenvalue weighted by Gasteiger charge is 2.63. The molecule has 1 fully saturated rings. The van der Waals surface area contributed by atoms with Crippen molar-refractivity contribution in [1.29, 1.82) is 0 Å². The van der Waals surface area contributed by atoms with E-state index in [1.807, 2.05) is 39.0 Å². The molecule has 1 aliphatic heterocycles. The second kappa shape index (κ2) is 7.65. The number of nitrogens with two attached hydrogens (primary N) is 1. The molecule has 3 rings (SSSR count). The van der Waals surface area contributed by atoms with Crippen molar-refractivity contribution in [3.05, 3.63) is 28.8 Å². The molecule has 0 spiro atoms. The number of amides is 1. The van der Waals surface area contributed by atoms with Crippen LogP contribution in [0.2, 0.25) is 5.02 Å². The molecule has 2 aliphatic rings. The van der Waals surface area contributed by atoms with Gasteiger partial charge in [-0.15, -0.1) is 24.2 Å². The lowest BCUT2D eigenvalue weighted by Crippen LogP contribution is -2.75. The van der Waals surface area contributed by atoms with Gasteiger partial charge in [-0.25, -0.2) is 0 Å². The predicted molar refractivity (Wildman–Crippen MR) is 106 cm³/mol. The van der Waals surface area contributed by atoms with Crippen molar-refractivity contribution in [2.24, 2.45) is 11.1 Å². The minimum atomic E-state index is -0.893. The summed E-state index contributed by atoms with van der Waals surface area (Å²) in [5.74, 6) is 0.883. The number of ether oxygens (including phenoxy) is 1. The maximum atomic E-state index is 12.9. The van der Waals surface area contributed by atoms with Gasteiger partial charge in [-0.05, 0) is 37.1 Å². The molecule has 1 aromatic carbocycles. The van der Waals surface area contributed by atoms with Crippen LogP contribution in [0.25, 0.3) is 0 Å². The molecule has 0 bridgehead atoms. The van der Waals surface area contributed by atoms with E-state index in [1.165, 1.54) is 4.90 Å². The van der Waals surface area contributed by atoms with Crippen LogP contribution in [0.3, 0.4) is 0 Å². The third-order valence-electron chi connectivity index (χ3n) is 5.55. The van der Waals surface area contributed by atoms with Crippen LogP contribution in [0.15, 0.2) is 23.1 Å². The van der Waals surface area contributed by atoms with Crippen molar-refractivity contribution < 1.29 is 9.53 Å². The number of rotatable bonds is 4.